The number of hydrogen-bond donors (Lipinski definition) is 1. The molecule has 0 bridgehead atoms. The minimum atomic E-state index is -1.03. The van der Waals surface area contributed by atoms with Crippen molar-refractivity contribution in [1.29, 1.82) is 0 Å². The van der Waals surface area contributed by atoms with Crippen molar-refractivity contribution in [2.24, 2.45) is 0 Å². The molecule has 3 rings (SSSR count). The Balaban J connectivity index is 1.51. The molecule has 2 amide bonds. The Morgan fingerprint density at radius 1 is 1.38 bits per heavy atom. The first-order chi connectivity index (χ1) is 11.5. The van der Waals surface area contributed by atoms with E-state index in [-0.39, 0.29) is 31.5 Å². The third-order valence-corrected chi connectivity index (χ3v) is 4.68. The minimum absolute atomic E-state index is 0.0422. The summed E-state index contributed by atoms with van der Waals surface area (Å²) in [5.41, 5.74) is 0.0621. The van der Waals surface area contributed by atoms with Crippen molar-refractivity contribution < 1.29 is 19.4 Å². The van der Waals surface area contributed by atoms with Gasteiger partial charge in [-0.15, -0.1) is 0 Å². The quantitative estimate of drug-likeness (QED) is 0.872. The van der Waals surface area contributed by atoms with Crippen molar-refractivity contribution in [2.75, 3.05) is 32.8 Å². The monoisotopic (exact) mass is 332 g/mol. The van der Waals surface area contributed by atoms with E-state index in [1.54, 1.807) is 9.80 Å². The third-order valence-electron chi connectivity index (χ3n) is 4.68. The molecule has 0 unspecified atom stereocenters. The van der Waals surface area contributed by atoms with Gasteiger partial charge in [0.2, 0.25) is 11.8 Å². The molecule has 0 spiro atoms. The highest BCUT2D eigenvalue weighted by molar-refractivity contribution is 5.86. The van der Waals surface area contributed by atoms with Gasteiger partial charge in [0, 0.05) is 19.5 Å². The molecule has 2 aliphatic rings. The van der Waals surface area contributed by atoms with E-state index in [4.69, 9.17) is 4.74 Å². The van der Waals surface area contributed by atoms with Crippen molar-refractivity contribution in [2.45, 2.75) is 31.8 Å². The van der Waals surface area contributed by atoms with Crippen molar-refractivity contribution in [3.8, 4) is 5.75 Å². The summed E-state index contributed by atoms with van der Waals surface area (Å²) in [7, 11) is 0. The van der Waals surface area contributed by atoms with Crippen LogP contribution in [0.1, 0.15) is 24.8 Å². The summed E-state index contributed by atoms with van der Waals surface area (Å²) in [5, 5.41) is 10.7. The molecule has 1 atom stereocenters. The Labute approximate surface area is 142 Å². The molecule has 0 radical (unpaired) electrons. The standard InChI is InChI=1S/C18H24N2O4/c1-14-4-2-5-15(10-14)24-13-18(23)7-9-20(12-18)17(22)11-19-8-3-6-16(19)21/h2,4-5,10,23H,3,6-9,11-13H2,1H3/t18-/m0/s1. The van der Waals surface area contributed by atoms with E-state index in [2.05, 4.69) is 0 Å². The smallest absolute Gasteiger partial charge is 0.242 e. The van der Waals surface area contributed by atoms with Crippen LogP contribution in [0.15, 0.2) is 24.3 Å². The number of β-amino-alcohol motifs (C(OH)–C–C–N with tert-alkyl or cyclic N) is 1. The molecule has 0 saturated carbocycles. The normalized spacial score (nSPS) is 23.8. The second-order valence-electron chi connectivity index (χ2n) is 6.81. The molecule has 0 aliphatic carbocycles. The molecule has 0 aromatic heterocycles. The Hall–Kier alpha value is -2.08. The second-order valence-corrected chi connectivity index (χ2v) is 6.81. The maximum absolute atomic E-state index is 12.3. The first-order valence-corrected chi connectivity index (χ1v) is 8.43. The number of likely N-dealkylation sites (tertiary alicyclic amines) is 2. The molecule has 2 aliphatic heterocycles. The predicted molar refractivity (Wildman–Crippen MR) is 88.6 cm³/mol. The lowest BCUT2D eigenvalue weighted by Crippen LogP contribution is -2.44. The Morgan fingerprint density at radius 3 is 2.92 bits per heavy atom. The fraction of sp³-hybridized carbons (Fsp3) is 0.556. The van der Waals surface area contributed by atoms with Crippen molar-refractivity contribution >= 4 is 11.8 Å². The third kappa shape index (κ3) is 3.87. The Kier molecular flexibility index (Phi) is 4.76. The maximum Gasteiger partial charge on any atom is 0.242 e. The van der Waals surface area contributed by atoms with Gasteiger partial charge in [0.25, 0.3) is 0 Å². The van der Waals surface area contributed by atoms with Crippen LogP contribution in [0.5, 0.6) is 5.75 Å². The minimum Gasteiger partial charge on any atom is -0.491 e. The van der Waals surface area contributed by atoms with Crippen molar-refractivity contribution in [1.82, 2.24) is 9.80 Å². The zero-order valence-electron chi connectivity index (χ0n) is 14.0. The van der Waals surface area contributed by atoms with Gasteiger partial charge in [-0.2, -0.15) is 0 Å². The summed E-state index contributed by atoms with van der Waals surface area (Å²) in [6.45, 7) is 3.65. The van der Waals surface area contributed by atoms with E-state index >= 15 is 0 Å². The predicted octanol–water partition coefficient (Wildman–Crippen LogP) is 0.960. The number of rotatable bonds is 5. The molecule has 1 aromatic carbocycles. The molecule has 2 saturated heterocycles. The van der Waals surface area contributed by atoms with E-state index in [0.29, 0.717) is 25.9 Å². The molecule has 2 fully saturated rings. The number of amides is 2. The summed E-state index contributed by atoms with van der Waals surface area (Å²) >= 11 is 0. The summed E-state index contributed by atoms with van der Waals surface area (Å²) < 4.78 is 5.70. The van der Waals surface area contributed by atoms with E-state index in [1.807, 2.05) is 31.2 Å². The van der Waals surface area contributed by atoms with Gasteiger partial charge >= 0.3 is 0 Å². The molecule has 1 aromatic rings. The molecule has 6 nitrogen and oxygen atoms in total. The van der Waals surface area contributed by atoms with Gasteiger partial charge in [-0.05, 0) is 37.5 Å². The highest BCUT2D eigenvalue weighted by Gasteiger charge is 2.39. The fourth-order valence-corrected chi connectivity index (χ4v) is 3.24. The van der Waals surface area contributed by atoms with Crippen LogP contribution in [0.3, 0.4) is 0 Å². The first-order valence-electron chi connectivity index (χ1n) is 8.43. The topological polar surface area (TPSA) is 70.1 Å². The fourth-order valence-electron chi connectivity index (χ4n) is 3.24. The summed E-state index contributed by atoms with van der Waals surface area (Å²) in [6, 6.07) is 7.66. The number of ether oxygens (including phenoxy) is 1. The number of aliphatic hydroxyl groups is 1. The van der Waals surface area contributed by atoms with Crippen molar-refractivity contribution in [3.05, 3.63) is 29.8 Å². The van der Waals surface area contributed by atoms with Gasteiger partial charge in [-0.3, -0.25) is 9.59 Å². The van der Waals surface area contributed by atoms with Crippen LogP contribution in [0.4, 0.5) is 0 Å². The van der Waals surface area contributed by atoms with Gasteiger partial charge in [0.15, 0.2) is 0 Å². The number of nitrogens with zero attached hydrogens (tertiary/aromatic N) is 2. The van der Waals surface area contributed by atoms with Crippen LogP contribution >= 0.6 is 0 Å². The summed E-state index contributed by atoms with van der Waals surface area (Å²) in [6.07, 6.45) is 1.83. The van der Waals surface area contributed by atoms with Gasteiger partial charge in [0.1, 0.15) is 18.0 Å². The molecule has 130 valence electrons. The average molecular weight is 332 g/mol. The van der Waals surface area contributed by atoms with E-state index in [9.17, 15) is 14.7 Å². The zero-order chi connectivity index (χ0) is 17.2. The number of carbonyl (C=O) groups is 2. The first kappa shape index (κ1) is 16.8. The number of hydrogen-bond acceptors (Lipinski definition) is 4. The van der Waals surface area contributed by atoms with Gasteiger partial charge in [0.05, 0.1) is 13.1 Å². The van der Waals surface area contributed by atoms with Crippen LogP contribution in [0.25, 0.3) is 0 Å². The highest BCUT2D eigenvalue weighted by Crippen LogP contribution is 2.24. The van der Waals surface area contributed by atoms with Crippen LogP contribution in [0.2, 0.25) is 0 Å². The average Bonchev–Trinajstić information content (AvgIpc) is 3.13. The molecule has 24 heavy (non-hydrogen) atoms. The van der Waals surface area contributed by atoms with E-state index in [1.165, 1.54) is 0 Å². The molecule has 6 heteroatoms. The van der Waals surface area contributed by atoms with Crippen molar-refractivity contribution in [3.63, 3.8) is 0 Å². The van der Waals surface area contributed by atoms with E-state index < -0.39 is 5.60 Å². The molecular weight excluding hydrogens is 308 g/mol. The van der Waals surface area contributed by atoms with Gasteiger partial charge in [-0.1, -0.05) is 12.1 Å². The SMILES string of the molecule is Cc1cccc(OC[C@]2(O)CCN(C(=O)CN3CCCC3=O)C2)c1. The zero-order valence-corrected chi connectivity index (χ0v) is 14.0. The summed E-state index contributed by atoms with van der Waals surface area (Å²) in [4.78, 5) is 27.2. The summed E-state index contributed by atoms with van der Waals surface area (Å²) in [5.74, 6) is 0.660. The molecular formula is C18H24N2O4. The Morgan fingerprint density at radius 2 is 2.21 bits per heavy atom. The van der Waals surface area contributed by atoms with Crippen LogP contribution < -0.4 is 4.74 Å². The second kappa shape index (κ2) is 6.81. The lowest BCUT2D eigenvalue weighted by molar-refractivity contribution is -0.138. The van der Waals surface area contributed by atoms with Crippen LogP contribution in [0, 0.1) is 6.92 Å². The number of carbonyl (C=O) groups excluding carboxylic acids is 2. The highest BCUT2D eigenvalue weighted by atomic mass is 16.5. The maximum atomic E-state index is 12.3. The van der Waals surface area contributed by atoms with E-state index in [0.717, 1.165) is 17.7 Å². The molecule has 2 heterocycles. The lowest BCUT2D eigenvalue weighted by atomic mass is 10.1. The Bertz CT molecular complexity index is 633. The number of benzene rings is 1. The largest absolute Gasteiger partial charge is 0.491 e. The number of aryl methyl sites for hydroxylation is 1. The van der Waals surface area contributed by atoms with Gasteiger partial charge in [-0.25, -0.2) is 0 Å². The molecule has 1 N–H and O–H groups in total. The van der Waals surface area contributed by atoms with Gasteiger partial charge < -0.3 is 19.6 Å². The lowest BCUT2D eigenvalue weighted by Gasteiger charge is -2.25. The van der Waals surface area contributed by atoms with Crippen LogP contribution in [-0.2, 0) is 9.59 Å². The van der Waals surface area contributed by atoms with Crippen LogP contribution in [-0.4, -0.2) is 65.1 Å².